The number of halogens is 1. The molecule has 1 aliphatic heterocycles. The normalized spacial score (nSPS) is 16.1. The second kappa shape index (κ2) is 8.90. The molecule has 8 heteroatoms. The smallest absolute Gasteiger partial charge is 0.411 e. The average molecular weight is 470 g/mol. The predicted molar refractivity (Wildman–Crippen MR) is 125 cm³/mol. The lowest BCUT2D eigenvalue weighted by Gasteiger charge is -2.27. The summed E-state index contributed by atoms with van der Waals surface area (Å²) < 4.78 is 16.3. The van der Waals surface area contributed by atoms with Crippen LogP contribution in [0.2, 0.25) is 5.02 Å². The second-order valence-corrected chi connectivity index (χ2v) is 9.28. The first kappa shape index (κ1) is 22.9. The molecule has 1 aliphatic rings. The Hall–Kier alpha value is -3.32. The van der Waals surface area contributed by atoms with Gasteiger partial charge in [0.1, 0.15) is 17.2 Å². The van der Waals surface area contributed by atoms with Gasteiger partial charge in [0.05, 0.1) is 5.02 Å². The molecule has 0 bridgehead atoms. The maximum Gasteiger partial charge on any atom is 0.411 e. The number of nitrogens with zero attached hydrogens (tertiary/aromatic N) is 1. The fraction of sp³-hybridized carbons (Fsp3) is 0.320. The number of benzene rings is 2. The fourth-order valence-electron chi connectivity index (χ4n) is 3.83. The highest BCUT2D eigenvalue weighted by Gasteiger charge is 2.38. The molecule has 33 heavy (non-hydrogen) atoms. The highest BCUT2D eigenvalue weighted by molar-refractivity contribution is 6.33. The molecule has 1 amide bonds. The van der Waals surface area contributed by atoms with Crippen LogP contribution < -0.4 is 10.4 Å². The maximum atomic E-state index is 12.9. The summed E-state index contributed by atoms with van der Waals surface area (Å²) in [5.74, 6) is -0.570. The number of carbonyl (C=O) groups excluding carboxylic acids is 2. The van der Waals surface area contributed by atoms with Crippen LogP contribution in [0.1, 0.15) is 33.6 Å². The van der Waals surface area contributed by atoms with Crippen molar-refractivity contribution in [3.63, 3.8) is 0 Å². The largest absolute Gasteiger partial charge is 0.444 e. The highest BCUT2D eigenvalue weighted by Crippen LogP contribution is 2.35. The molecule has 7 nitrogen and oxygen atoms in total. The van der Waals surface area contributed by atoms with Crippen LogP contribution in [0.5, 0.6) is 5.75 Å². The van der Waals surface area contributed by atoms with Crippen LogP contribution in [0.4, 0.5) is 4.79 Å². The molecule has 0 spiro atoms. The third kappa shape index (κ3) is 5.03. The summed E-state index contributed by atoms with van der Waals surface area (Å²) in [5.41, 5.74) is 0.518. The molecule has 0 saturated carbocycles. The third-order valence-corrected chi connectivity index (χ3v) is 5.54. The first-order valence-electron chi connectivity index (χ1n) is 10.7. The molecule has 4 rings (SSSR count). The molecule has 0 radical (unpaired) electrons. The van der Waals surface area contributed by atoms with E-state index in [4.69, 9.17) is 25.5 Å². The van der Waals surface area contributed by atoms with Crippen LogP contribution >= 0.6 is 11.6 Å². The number of amides is 1. The van der Waals surface area contributed by atoms with E-state index in [1.165, 1.54) is 17.0 Å². The summed E-state index contributed by atoms with van der Waals surface area (Å²) in [4.78, 5) is 39.0. The molecule has 172 valence electrons. The Labute approximate surface area is 195 Å². The molecule has 2 aromatic carbocycles. The van der Waals surface area contributed by atoms with Gasteiger partial charge in [0, 0.05) is 24.1 Å². The van der Waals surface area contributed by atoms with Gasteiger partial charge in [0.15, 0.2) is 5.75 Å². The molecule has 1 fully saturated rings. The molecule has 0 aliphatic carbocycles. The van der Waals surface area contributed by atoms with Gasteiger partial charge in [-0.2, -0.15) is 0 Å². The van der Waals surface area contributed by atoms with Gasteiger partial charge in [-0.15, -0.1) is 0 Å². The summed E-state index contributed by atoms with van der Waals surface area (Å²) in [5, 5.41) is 0.797. The molecular weight excluding hydrogens is 446 g/mol. The highest BCUT2D eigenvalue weighted by atomic mass is 35.5. The maximum absolute atomic E-state index is 12.9. The summed E-state index contributed by atoms with van der Waals surface area (Å²) in [6.45, 7) is 5.69. The Bertz CT molecular complexity index is 1260. The summed E-state index contributed by atoms with van der Waals surface area (Å²) in [7, 11) is 0. The first-order chi connectivity index (χ1) is 15.6. The van der Waals surface area contributed by atoms with Crippen molar-refractivity contribution in [2.45, 2.75) is 45.3 Å². The van der Waals surface area contributed by atoms with Crippen LogP contribution in [0.15, 0.2) is 57.7 Å². The molecule has 1 aromatic heterocycles. The van der Waals surface area contributed by atoms with Crippen molar-refractivity contribution in [3.8, 4) is 16.9 Å². The van der Waals surface area contributed by atoms with Crippen molar-refractivity contribution >= 4 is 34.6 Å². The van der Waals surface area contributed by atoms with Crippen molar-refractivity contribution in [3.05, 3.63) is 64.0 Å². The molecule has 3 aromatic rings. The monoisotopic (exact) mass is 469 g/mol. The minimum atomic E-state index is -0.783. The van der Waals surface area contributed by atoms with Crippen molar-refractivity contribution < 1.29 is 23.5 Å². The van der Waals surface area contributed by atoms with E-state index in [2.05, 4.69) is 0 Å². The lowest BCUT2D eigenvalue weighted by molar-refractivity contribution is -0.139. The third-order valence-electron chi connectivity index (χ3n) is 5.25. The van der Waals surface area contributed by atoms with Crippen molar-refractivity contribution in [2.75, 3.05) is 6.54 Å². The average Bonchev–Trinajstić information content (AvgIpc) is 3.24. The molecule has 0 unspecified atom stereocenters. The van der Waals surface area contributed by atoms with Crippen LogP contribution in [0, 0.1) is 0 Å². The topological polar surface area (TPSA) is 86.1 Å². The minimum Gasteiger partial charge on any atom is -0.444 e. The molecule has 0 N–H and O–H groups in total. The molecular formula is C25H24ClNO6. The van der Waals surface area contributed by atoms with E-state index in [1.807, 2.05) is 30.3 Å². The lowest BCUT2D eigenvalue weighted by atomic mass is 10.0. The van der Waals surface area contributed by atoms with Gasteiger partial charge in [-0.05, 0) is 50.8 Å². The Kier molecular flexibility index (Phi) is 6.17. The quantitative estimate of drug-likeness (QED) is 0.289. The van der Waals surface area contributed by atoms with E-state index < -0.39 is 29.3 Å². The van der Waals surface area contributed by atoms with Gasteiger partial charge < -0.3 is 13.9 Å². The van der Waals surface area contributed by atoms with Crippen molar-refractivity contribution in [1.29, 1.82) is 0 Å². The van der Waals surface area contributed by atoms with Gasteiger partial charge in [0.25, 0.3) is 0 Å². The zero-order valence-corrected chi connectivity index (χ0v) is 19.3. The standard InChI is InChI=1S/C25H24ClNO6/c1-25(2,3)33-24(30)27-11-7-10-19(27)23(29)32-21-14-20-17(12-18(21)26)16(13-22(28)31-20)15-8-5-4-6-9-15/h4-6,8-9,12-14,19H,7,10-11H2,1-3H3/t19-/m0/s1. The van der Waals surface area contributed by atoms with E-state index in [-0.39, 0.29) is 16.4 Å². The van der Waals surface area contributed by atoms with Crippen molar-refractivity contribution in [1.82, 2.24) is 4.90 Å². The van der Waals surface area contributed by atoms with Gasteiger partial charge in [-0.1, -0.05) is 41.9 Å². The number of likely N-dealkylation sites (tertiary alicyclic amines) is 1. The minimum absolute atomic E-state index is 0.0542. The lowest BCUT2D eigenvalue weighted by Crippen LogP contribution is -2.44. The number of esters is 1. The molecule has 1 atom stereocenters. The van der Waals surface area contributed by atoms with E-state index in [0.29, 0.717) is 30.3 Å². The van der Waals surface area contributed by atoms with Crippen LogP contribution in [-0.2, 0) is 9.53 Å². The number of ether oxygens (including phenoxy) is 2. The van der Waals surface area contributed by atoms with Crippen molar-refractivity contribution in [2.24, 2.45) is 0 Å². The van der Waals surface area contributed by atoms with Crippen LogP contribution in [0.25, 0.3) is 22.1 Å². The van der Waals surface area contributed by atoms with E-state index in [1.54, 1.807) is 26.8 Å². The van der Waals surface area contributed by atoms with E-state index in [9.17, 15) is 14.4 Å². The molecule has 1 saturated heterocycles. The predicted octanol–water partition coefficient (Wildman–Crippen LogP) is 5.42. The summed E-state index contributed by atoms with van der Waals surface area (Å²) in [6.07, 6.45) is 0.543. The summed E-state index contributed by atoms with van der Waals surface area (Å²) in [6, 6.07) is 13.0. The number of fused-ring (bicyclic) bond motifs is 1. The van der Waals surface area contributed by atoms with Gasteiger partial charge in [0.2, 0.25) is 0 Å². The van der Waals surface area contributed by atoms with E-state index in [0.717, 1.165) is 5.56 Å². The van der Waals surface area contributed by atoms with Gasteiger partial charge in [-0.3, -0.25) is 4.90 Å². The zero-order chi connectivity index (χ0) is 23.8. The fourth-order valence-corrected chi connectivity index (χ4v) is 4.03. The zero-order valence-electron chi connectivity index (χ0n) is 18.6. The second-order valence-electron chi connectivity index (χ2n) is 8.88. The molecule has 2 heterocycles. The summed E-state index contributed by atoms with van der Waals surface area (Å²) >= 11 is 6.44. The number of rotatable bonds is 3. The Balaban J connectivity index is 1.63. The Morgan fingerprint density at radius 3 is 2.55 bits per heavy atom. The van der Waals surface area contributed by atoms with Crippen LogP contribution in [-0.4, -0.2) is 35.2 Å². The van der Waals surface area contributed by atoms with Gasteiger partial charge >= 0.3 is 17.7 Å². The van der Waals surface area contributed by atoms with E-state index >= 15 is 0 Å². The Morgan fingerprint density at radius 1 is 1.12 bits per heavy atom. The first-order valence-corrected chi connectivity index (χ1v) is 11.0. The number of hydrogen-bond acceptors (Lipinski definition) is 6. The van der Waals surface area contributed by atoms with Crippen LogP contribution in [0.3, 0.4) is 0 Å². The van der Waals surface area contributed by atoms with Gasteiger partial charge in [-0.25, -0.2) is 14.4 Å². The number of hydrogen-bond donors (Lipinski definition) is 0. The number of carbonyl (C=O) groups is 2. The SMILES string of the molecule is CC(C)(C)OC(=O)N1CCC[C@H]1C(=O)Oc1cc2oc(=O)cc(-c3ccccc3)c2cc1Cl. The Morgan fingerprint density at radius 2 is 1.85 bits per heavy atom.